The molecule has 3 rings (SSSR count). The molecular weight excluding hydrogens is 282 g/mol. The van der Waals surface area contributed by atoms with Crippen LogP contribution >= 0.6 is 11.3 Å². The molecule has 1 aliphatic heterocycles. The van der Waals surface area contributed by atoms with Crippen molar-refractivity contribution in [3.8, 4) is 0 Å². The van der Waals surface area contributed by atoms with Gasteiger partial charge in [0.25, 0.3) is 0 Å². The van der Waals surface area contributed by atoms with Gasteiger partial charge in [0.1, 0.15) is 0 Å². The van der Waals surface area contributed by atoms with Crippen LogP contribution in [-0.2, 0) is 17.7 Å². The lowest BCUT2D eigenvalue weighted by atomic mass is 10.2. The Labute approximate surface area is 130 Å². The second kappa shape index (κ2) is 6.73. The van der Waals surface area contributed by atoms with Gasteiger partial charge in [0.2, 0.25) is 0 Å². The highest BCUT2D eigenvalue weighted by molar-refractivity contribution is 7.09. The van der Waals surface area contributed by atoms with E-state index >= 15 is 0 Å². The molecule has 3 heterocycles. The molecule has 1 aliphatic rings. The van der Waals surface area contributed by atoms with Crippen LogP contribution in [0.5, 0.6) is 0 Å². The van der Waals surface area contributed by atoms with Gasteiger partial charge in [-0.05, 0) is 37.8 Å². The molecule has 0 aliphatic carbocycles. The zero-order chi connectivity index (χ0) is 14.7. The van der Waals surface area contributed by atoms with Crippen LogP contribution in [0.4, 0.5) is 0 Å². The summed E-state index contributed by atoms with van der Waals surface area (Å²) in [5, 5.41) is 6.69. The zero-order valence-corrected chi connectivity index (χ0v) is 13.6. The Kier molecular flexibility index (Phi) is 4.73. The van der Waals surface area contributed by atoms with Crippen LogP contribution in [0.15, 0.2) is 23.6 Å². The van der Waals surface area contributed by atoms with E-state index in [4.69, 9.17) is 4.74 Å². The lowest BCUT2D eigenvalue weighted by Crippen LogP contribution is -2.45. The summed E-state index contributed by atoms with van der Waals surface area (Å²) in [7, 11) is 0. The minimum absolute atomic E-state index is 0.250. The Hall–Kier alpha value is -1.17. The van der Waals surface area contributed by atoms with Gasteiger partial charge >= 0.3 is 0 Å². The van der Waals surface area contributed by atoms with Crippen molar-refractivity contribution in [2.45, 2.75) is 32.9 Å². The molecule has 21 heavy (non-hydrogen) atoms. The van der Waals surface area contributed by atoms with E-state index in [0.717, 1.165) is 44.9 Å². The van der Waals surface area contributed by atoms with Gasteiger partial charge < -0.3 is 4.74 Å². The van der Waals surface area contributed by atoms with Crippen LogP contribution in [0.25, 0.3) is 0 Å². The smallest absolute Gasteiger partial charge is 0.0898 e. The van der Waals surface area contributed by atoms with Gasteiger partial charge in [0.05, 0.1) is 24.9 Å². The quantitative estimate of drug-likeness (QED) is 0.850. The third-order valence-corrected chi connectivity index (χ3v) is 4.89. The number of aryl methyl sites for hydroxylation is 2. The molecule has 114 valence electrons. The van der Waals surface area contributed by atoms with E-state index in [0.29, 0.717) is 0 Å². The standard InChI is InChI=1S/C16H23N3OS/c1-13-10-14(2)19(17-13)12-15-11-18(7-8-20-15)6-5-16-4-3-9-21-16/h3-4,9-10,15H,5-8,11-12H2,1-2H3. The van der Waals surface area contributed by atoms with E-state index in [1.54, 1.807) is 0 Å². The van der Waals surface area contributed by atoms with E-state index in [1.165, 1.54) is 10.6 Å². The van der Waals surface area contributed by atoms with Crippen molar-refractivity contribution in [2.24, 2.45) is 0 Å². The predicted octanol–water partition coefficient (Wildman–Crippen LogP) is 2.50. The number of nitrogens with zero attached hydrogens (tertiary/aromatic N) is 3. The number of hydrogen-bond acceptors (Lipinski definition) is 4. The Bertz CT molecular complexity index is 564. The lowest BCUT2D eigenvalue weighted by molar-refractivity contribution is -0.0372. The number of ether oxygens (including phenoxy) is 1. The van der Waals surface area contributed by atoms with Crippen LogP contribution in [0.1, 0.15) is 16.3 Å². The van der Waals surface area contributed by atoms with Crippen molar-refractivity contribution >= 4 is 11.3 Å². The highest BCUT2D eigenvalue weighted by Crippen LogP contribution is 2.13. The molecular formula is C16H23N3OS. The van der Waals surface area contributed by atoms with E-state index in [-0.39, 0.29) is 6.10 Å². The van der Waals surface area contributed by atoms with E-state index in [1.807, 2.05) is 18.3 Å². The van der Waals surface area contributed by atoms with Crippen molar-refractivity contribution < 1.29 is 4.74 Å². The van der Waals surface area contributed by atoms with Gasteiger partial charge in [-0.3, -0.25) is 9.58 Å². The second-order valence-corrected chi connectivity index (χ2v) is 6.76. The fraction of sp³-hybridized carbons (Fsp3) is 0.562. The van der Waals surface area contributed by atoms with Crippen LogP contribution in [0.2, 0.25) is 0 Å². The number of thiophene rings is 1. The minimum Gasteiger partial charge on any atom is -0.374 e. The third kappa shape index (κ3) is 3.93. The molecule has 2 aromatic heterocycles. The van der Waals surface area contributed by atoms with Gasteiger partial charge in [-0.15, -0.1) is 11.3 Å². The van der Waals surface area contributed by atoms with Gasteiger partial charge in [0, 0.05) is 30.2 Å². The fourth-order valence-electron chi connectivity index (χ4n) is 2.87. The van der Waals surface area contributed by atoms with E-state index < -0.39 is 0 Å². The first-order chi connectivity index (χ1) is 10.2. The van der Waals surface area contributed by atoms with Gasteiger partial charge in [-0.25, -0.2) is 0 Å². The summed E-state index contributed by atoms with van der Waals surface area (Å²) in [5.74, 6) is 0. The average Bonchev–Trinajstić information content (AvgIpc) is 3.07. The molecule has 4 nitrogen and oxygen atoms in total. The second-order valence-electron chi connectivity index (χ2n) is 5.73. The topological polar surface area (TPSA) is 30.3 Å². The maximum Gasteiger partial charge on any atom is 0.0898 e. The number of hydrogen-bond donors (Lipinski definition) is 0. The van der Waals surface area contributed by atoms with Crippen molar-refractivity contribution in [1.82, 2.24) is 14.7 Å². The van der Waals surface area contributed by atoms with E-state index in [2.05, 4.69) is 45.2 Å². The number of aromatic nitrogens is 2. The third-order valence-electron chi connectivity index (χ3n) is 3.96. The predicted molar refractivity (Wildman–Crippen MR) is 85.9 cm³/mol. The summed E-state index contributed by atoms with van der Waals surface area (Å²) < 4.78 is 7.99. The summed E-state index contributed by atoms with van der Waals surface area (Å²) in [5.41, 5.74) is 2.30. The van der Waals surface area contributed by atoms with E-state index in [9.17, 15) is 0 Å². The van der Waals surface area contributed by atoms with Gasteiger partial charge in [-0.2, -0.15) is 5.10 Å². The van der Waals surface area contributed by atoms with Crippen LogP contribution in [0, 0.1) is 13.8 Å². The minimum atomic E-state index is 0.250. The zero-order valence-electron chi connectivity index (χ0n) is 12.8. The van der Waals surface area contributed by atoms with Crippen molar-refractivity contribution in [3.05, 3.63) is 39.8 Å². The molecule has 0 radical (unpaired) electrons. The fourth-order valence-corrected chi connectivity index (χ4v) is 3.57. The first-order valence-corrected chi connectivity index (χ1v) is 8.46. The molecule has 0 spiro atoms. The summed E-state index contributed by atoms with van der Waals surface area (Å²) >= 11 is 1.85. The van der Waals surface area contributed by atoms with Crippen molar-refractivity contribution in [1.29, 1.82) is 0 Å². The summed E-state index contributed by atoms with van der Waals surface area (Å²) in [6.45, 7) is 9.00. The molecule has 0 amide bonds. The van der Waals surface area contributed by atoms with Gasteiger partial charge in [0.15, 0.2) is 0 Å². The molecule has 0 N–H and O–H groups in total. The Morgan fingerprint density at radius 3 is 3.05 bits per heavy atom. The van der Waals surface area contributed by atoms with Gasteiger partial charge in [-0.1, -0.05) is 6.07 Å². The highest BCUT2D eigenvalue weighted by Gasteiger charge is 2.21. The number of rotatable bonds is 5. The van der Waals surface area contributed by atoms with Crippen LogP contribution in [0.3, 0.4) is 0 Å². The summed E-state index contributed by atoms with van der Waals surface area (Å²) in [6, 6.07) is 6.47. The first kappa shape index (κ1) is 14.8. The van der Waals surface area contributed by atoms with Crippen molar-refractivity contribution in [3.63, 3.8) is 0 Å². The highest BCUT2D eigenvalue weighted by atomic mass is 32.1. The average molecular weight is 305 g/mol. The largest absolute Gasteiger partial charge is 0.374 e. The SMILES string of the molecule is Cc1cc(C)n(CC2CN(CCc3cccs3)CCO2)n1. The molecule has 1 saturated heterocycles. The Balaban J connectivity index is 1.52. The van der Waals surface area contributed by atoms with Crippen molar-refractivity contribution in [2.75, 3.05) is 26.2 Å². The molecule has 0 saturated carbocycles. The first-order valence-electron chi connectivity index (χ1n) is 7.58. The molecule has 0 bridgehead atoms. The van der Waals surface area contributed by atoms with Crippen LogP contribution < -0.4 is 0 Å². The number of morpholine rings is 1. The Morgan fingerprint density at radius 1 is 1.43 bits per heavy atom. The monoisotopic (exact) mass is 305 g/mol. The normalized spacial score (nSPS) is 20.0. The molecule has 1 atom stereocenters. The molecule has 1 unspecified atom stereocenters. The molecule has 5 heteroatoms. The summed E-state index contributed by atoms with van der Waals surface area (Å²) in [4.78, 5) is 3.98. The molecule has 0 aromatic carbocycles. The maximum absolute atomic E-state index is 5.91. The lowest BCUT2D eigenvalue weighted by Gasteiger charge is -2.33. The van der Waals surface area contributed by atoms with Crippen LogP contribution in [-0.4, -0.2) is 47.0 Å². The Morgan fingerprint density at radius 2 is 2.33 bits per heavy atom. The molecule has 1 fully saturated rings. The summed E-state index contributed by atoms with van der Waals surface area (Å²) in [6.07, 6.45) is 1.39. The maximum atomic E-state index is 5.91. The molecule has 2 aromatic rings.